The molecule has 33 heavy (non-hydrogen) atoms. The Labute approximate surface area is 187 Å². The number of nitrogens with zero attached hydrogens (tertiary/aromatic N) is 5. The van der Waals surface area contributed by atoms with Crippen molar-refractivity contribution in [1.29, 1.82) is 0 Å². The number of pyridine rings is 2. The number of hydrogen-bond donors (Lipinski definition) is 1. The number of carbonyl (C=O) groups is 1. The number of ether oxygens (including phenoxy) is 2. The van der Waals surface area contributed by atoms with E-state index in [2.05, 4.69) is 15.2 Å². The summed E-state index contributed by atoms with van der Waals surface area (Å²) in [5.41, 5.74) is 3.47. The van der Waals surface area contributed by atoms with Crippen LogP contribution in [0.3, 0.4) is 0 Å². The van der Waals surface area contributed by atoms with Crippen molar-refractivity contribution in [2.24, 2.45) is 0 Å². The van der Waals surface area contributed by atoms with E-state index in [0.29, 0.717) is 40.6 Å². The molecule has 9 nitrogen and oxygen atoms in total. The first kappa shape index (κ1) is 19.5. The van der Waals surface area contributed by atoms with Gasteiger partial charge in [-0.15, -0.1) is 10.2 Å². The molecule has 3 aromatic heterocycles. The molecule has 1 atom stereocenters. The molecular weight excluding hydrogens is 429 g/mol. The van der Waals surface area contributed by atoms with Gasteiger partial charge in [0.25, 0.3) is 0 Å². The first-order chi connectivity index (χ1) is 16.0. The predicted octanol–water partition coefficient (Wildman–Crippen LogP) is 3.79. The maximum absolute atomic E-state index is 14.9. The second-order valence-electron chi connectivity index (χ2n) is 8.06. The predicted molar refractivity (Wildman–Crippen MR) is 115 cm³/mol. The van der Waals surface area contributed by atoms with Crippen molar-refractivity contribution in [3.63, 3.8) is 0 Å². The number of aryl methyl sites for hydroxylation is 1. The molecule has 0 unspecified atom stereocenters. The summed E-state index contributed by atoms with van der Waals surface area (Å²) in [4.78, 5) is 18.1. The number of hydrogen-bond acceptors (Lipinski definition) is 6. The number of fused-ring (bicyclic) bond motifs is 3. The molecular formula is C23H18FN5O4. The summed E-state index contributed by atoms with van der Waals surface area (Å²) in [5, 5.41) is 18.3. The van der Waals surface area contributed by atoms with Gasteiger partial charge in [0.15, 0.2) is 17.2 Å². The standard InChI is InChI=1S/C23H18FN5O4/c1-12-3-2-4-17(26-12)14-7-19-22(29-11-25-27-21(14)29)28(23(30)31)8-15-16(24)5-6-18-20(15)13(9-32-18)10-33-19/h2-7,11,13H,8-10H2,1H3,(H,30,31)/t13-/m0/s1. The van der Waals surface area contributed by atoms with Gasteiger partial charge in [0.2, 0.25) is 0 Å². The molecule has 166 valence electrons. The lowest BCUT2D eigenvalue weighted by molar-refractivity contribution is 0.200. The topological polar surface area (TPSA) is 102 Å². The quantitative estimate of drug-likeness (QED) is 0.474. The molecule has 0 saturated carbocycles. The van der Waals surface area contributed by atoms with Crippen molar-refractivity contribution in [1.82, 2.24) is 19.6 Å². The van der Waals surface area contributed by atoms with E-state index in [-0.39, 0.29) is 30.5 Å². The van der Waals surface area contributed by atoms with Crippen LogP contribution in [0.5, 0.6) is 11.5 Å². The summed E-state index contributed by atoms with van der Waals surface area (Å²) in [6, 6.07) is 10.2. The second kappa shape index (κ2) is 7.16. The van der Waals surface area contributed by atoms with E-state index in [0.717, 1.165) is 10.6 Å². The highest BCUT2D eigenvalue weighted by Crippen LogP contribution is 2.43. The van der Waals surface area contributed by atoms with Crippen LogP contribution in [0.25, 0.3) is 16.9 Å². The first-order valence-electron chi connectivity index (χ1n) is 10.4. The number of anilines is 1. The average molecular weight is 447 g/mol. The minimum atomic E-state index is -1.26. The van der Waals surface area contributed by atoms with Gasteiger partial charge in [-0.3, -0.25) is 14.3 Å². The van der Waals surface area contributed by atoms with Gasteiger partial charge in [-0.25, -0.2) is 9.18 Å². The molecule has 2 aliphatic heterocycles. The zero-order valence-corrected chi connectivity index (χ0v) is 17.5. The third-order valence-electron chi connectivity index (χ3n) is 6.03. The molecule has 10 heteroatoms. The zero-order valence-electron chi connectivity index (χ0n) is 17.5. The number of halogens is 1. The lowest BCUT2D eigenvalue weighted by Crippen LogP contribution is -2.31. The molecule has 6 rings (SSSR count). The van der Waals surface area contributed by atoms with E-state index in [4.69, 9.17) is 9.47 Å². The van der Waals surface area contributed by atoms with Crippen molar-refractivity contribution in [2.45, 2.75) is 19.4 Å². The van der Waals surface area contributed by atoms with Crippen LogP contribution in [0, 0.1) is 12.7 Å². The lowest BCUT2D eigenvalue weighted by Gasteiger charge is -2.23. The van der Waals surface area contributed by atoms with Crippen LogP contribution in [-0.2, 0) is 6.54 Å². The Morgan fingerprint density at radius 2 is 2.00 bits per heavy atom. The van der Waals surface area contributed by atoms with E-state index in [1.54, 1.807) is 16.5 Å². The lowest BCUT2D eigenvalue weighted by atomic mass is 9.95. The summed E-state index contributed by atoms with van der Waals surface area (Å²) in [5.74, 6) is 0.348. The highest BCUT2D eigenvalue weighted by molar-refractivity contribution is 5.90. The van der Waals surface area contributed by atoms with E-state index < -0.39 is 11.9 Å². The van der Waals surface area contributed by atoms with E-state index in [9.17, 15) is 14.3 Å². The Balaban J connectivity index is 1.61. The van der Waals surface area contributed by atoms with Crippen molar-refractivity contribution in [2.75, 3.05) is 18.1 Å². The van der Waals surface area contributed by atoms with Gasteiger partial charge in [-0.2, -0.15) is 0 Å². The van der Waals surface area contributed by atoms with Crippen LogP contribution in [0.4, 0.5) is 15.0 Å². The number of amides is 1. The fourth-order valence-corrected chi connectivity index (χ4v) is 4.54. The molecule has 4 aromatic rings. The summed E-state index contributed by atoms with van der Waals surface area (Å²) >= 11 is 0. The van der Waals surface area contributed by atoms with Crippen LogP contribution in [-0.4, -0.2) is 44.0 Å². The van der Waals surface area contributed by atoms with Crippen LogP contribution >= 0.6 is 0 Å². The first-order valence-corrected chi connectivity index (χ1v) is 10.4. The molecule has 0 fully saturated rings. The Hall–Kier alpha value is -4.21. The van der Waals surface area contributed by atoms with Gasteiger partial charge in [-0.05, 0) is 37.3 Å². The second-order valence-corrected chi connectivity index (χ2v) is 8.06. The number of aromatic nitrogens is 4. The largest absolute Gasteiger partial charge is 0.493 e. The minimum Gasteiger partial charge on any atom is -0.493 e. The smallest absolute Gasteiger partial charge is 0.413 e. The maximum Gasteiger partial charge on any atom is 0.413 e. The summed E-state index contributed by atoms with van der Waals surface area (Å²) in [6.07, 6.45) is 0.163. The summed E-state index contributed by atoms with van der Waals surface area (Å²) in [6.45, 7) is 2.19. The van der Waals surface area contributed by atoms with Gasteiger partial charge in [-0.1, -0.05) is 6.07 Å². The molecule has 1 amide bonds. The van der Waals surface area contributed by atoms with Gasteiger partial charge >= 0.3 is 6.09 Å². The number of carboxylic acid groups (broad SMARTS) is 1. The van der Waals surface area contributed by atoms with Crippen LogP contribution in [0.15, 0.2) is 42.7 Å². The molecule has 1 aromatic carbocycles. The van der Waals surface area contributed by atoms with Crippen molar-refractivity contribution < 1.29 is 23.8 Å². The fourth-order valence-electron chi connectivity index (χ4n) is 4.54. The molecule has 2 aliphatic rings. The highest BCUT2D eigenvalue weighted by atomic mass is 19.1. The van der Waals surface area contributed by atoms with Crippen LogP contribution in [0.1, 0.15) is 22.7 Å². The third-order valence-corrected chi connectivity index (χ3v) is 6.03. The Morgan fingerprint density at radius 1 is 1.18 bits per heavy atom. The summed E-state index contributed by atoms with van der Waals surface area (Å²) in [7, 11) is 0. The minimum absolute atomic E-state index is 0.193. The average Bonchev–Trinajstić information content (AvgIpc) is 3.44. The van der Waals surface area contributed by atoms with Crippen molar-refractivity contribution in [3.05, 3.63) is 65.4 Å². The van der Waals surface area contributed by atoms with Crippen molar-refractivity contribution in [3.8, 4) is 22.8 Å². The maximum atomic E-state index is 14.9. The Bertz CT molecular complexity index is 1440. The molecule has 0 radical (unpaired) electrons. The number of benzene rings is 1. The molecule has 0 spiro atoms. The third kappa shape index (κ3) is 2.98. The normalized spacial score (nSPS) is 16.8. The van der Waals surface area contributed by atoms with Gasteiger partial charge in [0.05, 0.1) is 31.4 Å². The Morgan fingerprint density at radius 3 is 2.79 bits per heavy atom. The molecule has 0 saturated heterocycles. The van der Waals surface area contributed by atoms with Crippen LogP contribution in [0.2, 0.25) is 0 Å². The zero-order chi connectivity index (χ0) is 22.7. The van der Waals surface area contributed by atoms with Crippen LogP contribution < -0.4 is 14.4 Å². The molecule has 0 bridgehead atoms. The monoisotopic (exact) mass is 447 g/mol. The van der Waals surface area contributed by atoms with E-state index >= 15 is 0 Å². The molecule has 5 heterocycles. The van der Waals surface area contributed by atoms with Gasteiger partial charge < -0.3 is 14.6 Å². The molecule has 1 N–H and O–H groups in total. The van der Waals surface area contributed by atoms with Gasteiger partial charge in [0.1, 0.15) is 17.9 Å². The highest BCUT2D eigenvalue weighted by Gasteiger charge is 2.35. The van der Waals surface area contributed by atoms with Crippen molar-refractivity contribution >= 4 is 17.6 Å². The Kier molecular flexibility index (Phi) is 4.22. The van der Waals surface area contributed by atoms with E-state index in [1.807, 2.05) is 25.1 Å². The van der Waals surface area contributed by atoms with E-state index in [1.165, 1.54) is 12.4 Å². The number of rotatable bonds is 1. The van der Waals surface area contributed by atoms with Gasteiger partial charge in [0, 0.05) is 22.4 Å². The summed E-state index contributed by atoms with van der Waals surface area (Å²) < 4.78 is 28.4. The fraction of sp³-hybridized carbons (Fsp3) is 0.217. The SMILES string of the molecule is Cc1cccc(-c2cc3c(n4cnnc24)N(C(=O)O)Cc2c(F)ccc4c2[C@@H](CO4)CO3)n1. The molecule has 0 aliphatic carbocycles.